The van der Waals surface area contributed by atoms with Gasteiger partial charge in [-0.05, 0) is 31.5 Å². The molecule has 25 heavy (non-hydrogen) atoms. The van der Waals surface area contributed by atoms with E-state index < -0.39 is 0 Å². The SMILES string of the molecule is COc1ccc(C(=O)/C(C)=C(\C)N)c(OCc2ccccc2)c1OC. The number of allylic oxidation sites excluding steroid dienone is 2. The molecule has 0 atom stereocenters. The molecule has 132 valence electrons. The maximum absolute atomic E-state index is 12.8. The average molecular weight is 341 g/mol. The Labute approximate surface area is 148 Å². The van der Waals surface area contributed by atoms with Crippen LogP contribution in [-0.4, -0.2) is 20.0 Å². The van der Waals surface area contributed by atoms with Crippen LogP contribution in [0.4, 0.5) is 0 Å². The molecule has 2 aromatic carbocycles. The molecule has 0 heterocycles. The number of hydrogen-bond acceptors (Lipinski definition) is 5. The summed E-state index contributed by atoms with van der Waals surface area (Å²) in [7, 11) is 3.05. The van der Waals surface area contributed by atoms with Gasteiger partial charge in [0.15, 0.2) is 17.3 Å². The van der Waals surface area contributed by atoms with Gasteiger partial charge in [0, 0.05) is 11.3 Å². The zero-order valence-corrected chi connectivity index (χ0v) is 15.0. The summed E-state index contributed by atoms with van der Waals surface area (Å²) in [4.78, 5) is 12.8. The van der Waals surface area contributed by atoms with Gasteiger partial charge in [-0.1, -0.05) is 30.3 Å². The zero-order chi connectivity index (χ0) is 18.4. The predicted octanol–water partition coefficient (Wildman–Crippen LogP) is 3.72. The topological polar surface area (TPSA) is 70.8 Å². The molecule has 0 aromatic heterocycles. The van der Waals surface area contributed by atoms with Crippen molar-refractivity contribution in [3.8, 4) is 17.2 Å². The molecule has 2 aromatic rings. The monoisotopic (exact) mass is 341 g/mol. The van der Waals surface area contributed by atoms with Crippen LogP contribution in [0.25, 0.3) is 0 Å². The highest BCUT2D eigenvalue weighted by atomic mass is 16.5. The van der Waals surface area contributed by atoms with Crippen molar-refractivity contribution in [2.45, 2.75) is 20.5 Å². The van der Waals surface area contributed by atoms with Crippen LogP contribution in [0.3, 0.4) is 0 Å². The van der Waals surface area contributed by atoms with Crippen LogP contribution in [0.5, 0.6) is 17.2 Å². The summed E-state index contributed by atoms with van der Waals surface area (Å²) in [6.45, 7) is 3.68. The Bertz CT molecular complexity index is 778. The Hall–Kier alpha value is -2.95. The molecule has 0 fully saturated rings. The first-order valence-electron chi connectivity index (χ1n) is 7.89. The third-order valence-corrected chi connectivity index (χ3v) is 3.90. The van der Waals surface area contributed by atoms with Gasteiger partial charge < -0.3 is 19.9 Å². The summed E-state index contributed by atoms with van der Waals surface area (Å²) in [5.41, 5.74) is 8.08. The third-order valence-electron chi connectivity index (χ3n) is 3.90. The minimum Gasteiger partial charge on any atom is -0.493 e. The van der Waals surface area contributed by atoms with Crippen LogP contribution in [-0.2, 0) is 6.61 Å². The second-order valence-electron chi connectivity index (χ2n) is 5.59. The molecule has 0 saturated heterocycles. The number of carbonyl (C=O) groups is 1. The van der Waals surface area contributed by atoms with Crippen molar-refractivity contribution in [2.24, 2.45) is 5.73 Å². The highest BCUT2D eigenvalue weighted by Crippen LogP contribution is 2.41. The van der Waals surface area contributed by atoms with Gasteiger partial charge in [-0.2, -0.15) is 0 Å². The summed E-state index contributed by atoms with van der Waals surface area (Å²) in [5.74, 6) is 1.01. The van der Waals surface area contributed by atoms with Crippen LogP contribution in [0, 0.1) is 0 Å². The normalized spacial score (nSPS) is 11.5. The van der Waals surface area contributed by atoms with E-state index >= 15 is 0 Å². The fourth-order valence-electron chi connectivity index (χ4n) is 2.33. The van der Waals surface area contributed by atoms with Crippen molar-refractivity contribution in [3.05, 3.63) is 64.9 Å². The number of Topliss-reactive ketones (excluding diaryl/α,β-unsaturated/α-hetero) is 1. The van der Waals surface area contributed by atoms with E-state index in [1.165, 1.54) is 14.2 Å². The van der Waals surface area contributed by atoms with Gasteiger partial charge in [-0.3, -0.25) is 4.79 Å². The number of hydrogen-bond donors (Lipinski definition) is 1. The first-order valence-corrected chi connectivity index (χ1v) is 7.89. The van der Waals surface area contributed by atoms with Gasteiger partial charge in [0.2, 0.25) is 5.75 Å². The molecule has 0 aliphatic heterocycles. The number of ketones is 1. The lowest BCUT2D eigenvalue weighted by Crippen LogP contribution is -2.11. The molecule has 5 heteroatoms. The molecule has 0 radical (unpaired) electrons. The number of ether oxygens (including phenoxy) is 3. The van der Waals surface area contributed by atoms with E-state index in [-0.39, 0.29) is 5.78 Å². The fraction of sp³-hybridized carbons (Fsp3) is 0.250. The third kappa shape index (κ3) is 4.12. The number of carbonyl (C=O) groups excluding carboxylic acids is 1. The van der Waals surface area contributed by atoms with Crippen molar-refractivity contribution in [3.63, 3.8) is 0 Å². The summed E-state index contributed by atoms with van der Waals surface area (Å²) >= 11 is 0. The van der Waals surface area contributed by atoms with Crippen LogP contribution in [0.15, 0.2) is 53.7 Å². The summed E-state index contributed by atoms with van der Waals surface area (Å²) < 4.78 is 16.7. The zero-order valence-electron chi connectivity index (χ0n) is 15.0. The predicted molar refractivity (Wildman–Crippen MR) is 97.2 cm³/mol. The highest BCUT2D eigenvalue weighted by Gasteiger charge is 2.22. The van der Waals surface area contributed by atoms with E-state index in [9.17, 15) is 4.79 Å². The molecule has 0 amide bonds. The Morgan fingerprint density at radius 1 is 0.960 bits per heavy atom. The largest absolute Gasteiger partial charge is 0.493 e. The van der Waals surface area contributed by atoms with E-state index in [1.54, 1.807) is 26.0 Å². The van der Waals surface area contributed by atoms with Gasteiger partial charge in [0.05, 0.1) is 19.8 Å². The minimum absolute atomic E-state index is 0.205. The lowest BCUT2D eigenvalue weighted by molar-refractivity contribution is 0.102. The van der Waals surface area contributed by atoms with Gasteiger partial charge >= 0.3 is 0 Å². The van der Waals surface area contributed by atoms with Crippen molar-refractivity contribution >= 4 is 5.78 Å². The fourth-order valence-corrected chi connectivity index (χ4v) is 2.33. The van der Waals surface area contributed by atoms with Crippen molar-refractivity contribution in [2.75, 3.05) is 14.2 Å². The standard InChI is InChI=1S/C20H23NO4/c1-13(14(2)21)18(22)16-10-11-17(23-3)20(24-4)19(16)25-12-15-8-6-5-7-9-15/h5-11H,12,21H2,1-4H3/b14-13+. The van der Waals surface area contributed by atoms with Gasteiger partial charge in [0.1, 0.15) is 6.61 Å². The molecular weight excluding hydrogens is 318 g/mol. The number of benzene rings is 2. The maximum atomic E-state index is 12.8. The Kier molecular flexibility index (Phi) is 6.06. The molecule has 5 nitrogen and oxygen atoms in total. The second kappa shape index (κ2) is 8.24. The van der Waals surface area contributed by atoms with Crippen molar-refractivity contribution < 1.29 is 19.0 Å². The van der Waals surface area contributed by atoms with Crippen LogP contribution in [0.2, 0.25) is 0 Å². The lowest BCUT2D eigenvalue weighted by Gasteiger charge is -2.17. The Morgan fingerprint density at radius 2 is 1.64 bits per heavy atom. The molecule has 2 N–H and O–H groups in total. The van der Waals surface area contributed by atoms with E-state index in [0.29, 0.717) is 40.7 Å². The maximum Gasteiger partial charge on any atom is 0.204 e. The van der Waals surface area contributed by atoms with Crippen molar-refractivity contribution in [1.29, 1.82) is 0 Å². The minimum atomic E-state index is -0.205. The first-order chi connectivity index (χ1) is 12.0. The van der Waals surface area contributed by atoms with Crippen LogP contribution in [0.1, 0.15) is 29.8 Å². The molecule has 0 aliphatic rings. The number of rotatable bonds is 7. The Morgan fingerprint density at radius 3 is 2.20 bits per heavy atom. The molecule has 2 rings (SSSR count). The Balaban J connectivity index is 2.48. The highest BCUT2D eigenvalue weighted by molar-refractivity contribution is 6.11. The first kappa shape index (κ1) is 18.4. The van der Waals surface area contributed by atoms with E-state index in [1.807, 2.05) is 30.3 Å². The number of methoxy groups -OCH3 is 2. The van der Waals surface area contributed by atoms with E-state index in [0.717, 1.165) is 5.56 Å². The van der Waals surface area contributed by atoms with Crippen molar-refractivity contribution in [1.82, 2.24) is 0 Å². The quantitative estimate of drug-likeness (QED) is 0.614. The van der Waals surface area contributed by atoms with Gasteiger partial charge in [0.25, 0.3) is 0 Å². The number of nitrogens with two attached hydrogens (primary N) is 1. The molecule has 0 bridgehead atoms. The molecule has 0 saturated carbocycles. The molecular formula is C20H23NO4. The second-order valence-corrected chi connectivity index (χ2v) is 5.59. The summed E-state index contributed by atoms with van der Waals surface area (Å²) in [6.07, 6.45) is 0. The van der Waals surface area contributed by atoms with Gasteiger partial charge in [-0.25, -0.2) is 0 Å². The van der Waals surface area contributed by atoms with Gasteiger partial charge in [-0.15, -0.1) is 0 Å². The lowest BCUT2D eigenvalue weighted by atomic mass is 10.0. The summed E-state index contributed by atoms with van der Waals surface area (Å²) in [5, 5.41) is 0. The average Bonchev–Trinajstić information content (AvgIpc) is 2.64. The molecule has 0 unspecified atom stereocenters. The molecule has 0 spiro atoms. The summed E-state index contributed by atoms with van der Waals surface area (Å²) in [6, 6.07) is 13.0. The van der Waals surface area contributed by atoms with Crippen LogP contribution >= 0.6 is 0 Å². The molecule has 0 aliphatic carbocycles. The van der Waals surface area contributed by atoms with E-state index in [4.69, 9.17) is 19.9 Å². The van der Waals surface area contributed by atoms with Crippen LogP contribution < -0.4 is 19.9 Å². The smallest absolute Gasteiger partial charge is 0.204 e. The van der Waals surface area contributed by atoms with E-state index in [2.05, 4.69) is 0 Å².